The molecule has 78 valence electrons. The van der Waals surface area contributed by atoms with Crippen LogP contribution in [0, 0.1) is 5.82 Å². The normalized spacial score (nSPS) is 13.9. The van der Waals surface area contributed by atoms with Gasteiger partial charge in [0.25, 0.3) is 0 Å². The Morgan fingerprint density at radius 3 is 2.57 bits per heavy atom. The summed E-state index contributed by atoms with van der Waals surface area (Å²) >= 11 is 0. The van der Waals surface area contributed by atoms with E-state index >= 15 is 0 Å². The molecule has 1 rings (SSSR count). The van der Waals surface area contributed by atoms with Gasteiger partial charge in [0.15, 0.2) is 0 Å². The first-order valence-corrected chi connectivity index (χ1v) is 5.29. The lowest BCUT2D eigenvalue weighted by molar-refractivity contribution is 0.200. The fourth-order valence-corrected chi connectivity index (χ4v) is 1.57. The van der Waals surface area contributed by atoms with Crippen LogP contribution in [0.5, 0.6) is 0 Å². The first kappa shape index (κ1) is 11.1. The maximum atomic E-state index is 12.6. The van der Waals surface area contributed by atoms with Gasteiger partial charge in [-0.05, 0) is 17.7 Å². The van der Waals surface area contributed by atoms with E-state index in [-0.39, 0.29) is 5.56 Å². The maximum absolute atomic E-state index is 12.6. The second-order valence-corrected chi connectivity index (χ2v) is 4.19. The number of rotatable bonds is 3. The van der Waals surface area contributed by atoms with Crippen molar-refractivity contribution >= 4 is 10.2 Å². The molecule has 0 spiro atoms. The van der Waals surface area contributed by atoms with Crippen LogP contribution in [0.2, 0.25) is 0 Å². The molecule has 3 nitrogen and oxygen atoms in total. The van der Waals surface area contributed by atoms with E-state index in [1.54, 1.807) is 0 Å². The molecular weight excluding hydrogens is 214 g/mol. The molecule has 0 aliphatic carbocycles. The van der Waals surface area contributed by atoms with Crippen LogP contribution >= 0.6 is 0 Å². The van der Waals surface area contributed by atoms with Crippen LogP contribution in [0.4, 0.5) is 8.28 Å². The van der Waals surface area contributed by atoms with E-state index < -0.39 is 27.9 Å². The van der Waals surface area contributed by atoms with E-state index in [0.717, 1.165) is 12.1 Å². The molecular formula is C8H8F2O3S. The van der Waals surface area contributed by atoms with E-state index in [4.69, 9.17) is 0 Å². The van der Waals surface area contributed by atoms with Gasteiger partial charge in [-0.15, -0.1) is 3.89 Å². The lowest BCUT2D eigenvalue weighted by Crippen LogP contribution is -2.10. The Bertz CT molecular complexity index is 416. The highest BCUT2D eigenvalue weighted by Gasteiger charge is 2.17. The molecule has 1 aromatic rings. The van der Waals surface area contributed by atoms with Crippen molar-refractivity contribution < 1.29 is 21.8 Å². The highest BCUT2D eigenvalue weighted by Crippen LogP contribution is 2.16. The summed E-state index contributed by atoms with van der Waals surface area (Å²) in [5.41, 5.74) is 0.0335. The SMILES string of the molecule is O=S(=O)(F)CC(O)c1cccc(F)c1. The molecule has 0 bridgehead atoms. The number of benzene rings is 1. The number of hydrogen-bond donors (Lipinski definition) is 1. The first-order chi connectivity index (χ1) is 6.38. The molecule has 1 unspecified atom stereocenters. The Kier molecular flexibility index (Phi) is 3.17. The Morgan fingerprint density at radius 1 is 1.43 bits per heavy atom. The molecule has 0 heterocycles. The lowest BCUT2D eigenvalue weighted by Gasteiger charge is -2.07. The van der Waals surface area contributed by atoms with Crippen LogP contribution < -0.4 is 0 Å². The molecule has 0 aliphatic heterocycles. The Balaban J connectivity index is 2.85. The fraction of sp³-hybridized carbons (Fsp3) is 0.250. The van der Waals surface area contributed by atoms with Crippen LogP contribution in [0.1, 0.15) is 11.7 Å². The lowest BCUT2D eigenvalue weighted by atomic mass is 10.1. The largest absolute Gasteiger partial charge is 0.387 e. The van der Waals surface area contributed by atoms with Gasteiger partial charge in [-0.2, -0.15) is 8.42 Å². The molecule has 6 heteroatoms. The van der Waals surface area contributed by atoms with Gasteiger partial charge in [-0.3, -0.25) is 0 Å². The zero-order chi connectivity index (χ0) is 10.8. The predicted molar refractivity (Wildman–Crippen MR) is 46.3 cm³/mol. The predicted octanol–water partition coefficient (Wildman–Crippen LogP) is 1.16. The minimum atomic E-state index is -4.76. The minimum absolute atomic E-state index is 0.0335. The fourth-order valence-electron chi connectivity index (χ4n) is 0.999. The number of aliphatic hydroxyl groups is 1. The molecule has 1 N–H and O–H groups in total. The van der Waals surface area contributed by atoms with Crippen LogP contribution in [-0.2, 0) is 10.2 Å². The molecule has 0 fully saturated rings. The topological polar surface area (TPSA) is 54.4 Å². The van der Waals surface area contributed by atoms with Crippen molar-refractivity contribution in [3.05, 3.63) is 35.6 Å². The van der Waals surface area contributed by atoms with Crippen LogP contribution in [0.25, 0.3) is 0 Å². The average molecular weight is 222 g/mol. The summed E-state index contributed by atoms with van der Waals surface area (Å²) in [6.45, 7) is 0. The van der Waals surface area contributed by atoms with Gasteiger partial charge in [0.05, 0.1) is 6.10 Å². The third-order valence-electron chi connectivity index (χ3n) is 1.59. The molecule has 0 aliphatic rings. The summed E-state index contributed by atoms with van der Waals surface area (Å²) in [4.78, 5) is 0. The molecule has 0 aromatic heterocycles. The minimum Gasteiger partial charge on any atom is -0.387 e. The van der Waals surface area contributed by atoms with E-state index in [9.17, 15) is 21.8 Å². The Morgan fingerprint density at radius 2 is 2.07 bits per heavy atom. The summed E-state index contributed by atoms with van der Waals surface area (Å²) in [7, 11) is -4.76. The summed E-state index contributed by atoms with van der Waals surface area (Å²) in [5.74, 6) is -1.67. The van der Waals surface area contributed by atoms with Gasteiger partial charge in [0, 0.05) is 0 Å². The van der Waals surface area contributed by atoms with Crippen molar-refractivity contribution in [1.82, 2.24) is 0 Å². The summed E-state index contributed by atoms with van der Waals surface area (Å²) in [6.07, 6.45) is -1.54. The number of hydrogen-bond acceptors (Lipinski definition) is 3. The summed E-state index contributed by atoms with van der Waals surface area (Å²) < 4.78 is 45.1. The number of aliphatic hydroxyl groups excluding tert-OH is 1. The molecule has 0 radical (unpaired) electrons. The van der Waals surface area contributed by atoms with Crippen LogP contribution in [-0.4, -0.2) is 19.3 Å². The zero-order valence-electron chi connectivity index (χ0n) is 7.02. The summed E-state index contributed by atoms with van der Waals surface area (Å²) in [5, 5.41) is 9.19. The smallest absolute Gasteiger partial charge is 0.305 e. The van der Waals surface area contributed by atoms with Crippen molar-refractivity contribution in [2.24, 2.45) is 0 Å². The molecule has 0 saturated carbocycles. The highest BCUT2D eigenvalue weighted by molar-refractivity contribution is 7.86. The van der Waals surface area contributed by atoms with Crippen LogP contribution in [0.15, 0.2) is 24.3 Å². The van der Waals surface area contributed by atoms with Crippen molar-refractivity contribution in [3.63, 3.8) is 0 Å². The first-order valence-electron chi connectivity index (χ1n) is 3.74. The summed E-state index contributed by atoms with van der Waals surface area (Å²) in [6, 6.07) is 4.72. The van der Waals surface area contributed by atoms with Crippen molar-refractivity contribution in [3.8, 4) is 0 Å². The van der Waals surface area contributed by atoms with Crippen molar-refractivity contribution in [2.75, 3.05) is 5.75 Å². The second kappa shape index (κ2) is 4.02. The molecule has 14 heavy (non-hydrogen) atoms. The van der Waals surface area contributed by atoms with Crippen molar-refractivity contribution in [1.29, 1.82) is 0 Å². The third-order valence-corrected chi connectivity index (χ3v) is 2.30. The van der Waals surface area contributed by atoms with Gasteiger partial charge in [-0.1, -0.05) is 12.1 Å². The molecule has 1 aromatic carbocycles. The van der Waals surface area contributed by atoms with Gasteiger partial charge in [-0.25, -0.2) is 4.39 Å². The van der Waals surface area contributed by atoms with E-state index in [2.05, 4.69) is 0 Å². The monoisotopic (exact) mass is 222 g/mol. The van der Waals surface area contributed by atoms with Gasteiger partial charge in [0.1, 0.15) is 11.6 Å². The average Bonchev–Trinajstić information content (AvgIpc) is 2.01. The van der Waals surface area contributed by atoms with Gasteiger partial charge in [0.2, 0.25) is 0 Å². The van der Waals surface area contributed by atoms with Crippen LogP contribution in [0.3, 0.4) is 0 Å². The molecule has 1 atom stereocenters. The van der Waals surface area contributed by atoms with E-state index in [0.29, 0.717) is 0 Å². The second-order valence-electron chi connectivity index (χ2n) is 2.78. The van der Waals surface area contributed by atoms with Crippen molar-refractivity contribution in [2.45, 2.75) is 6.10 Å². The molecule has 0 amide bonds. The van der Waals surface area contributed by atoms with Gasteiger partial charge >= 0.3 is 10.2 Å². The maximum Gasteiger partial charge on any atom is 0.305 e. The quantitative estimate of drug-likeness (QED) is 0.781. The third kappa shape index (κ3) is 3.39. The molecule has 0 saturated heterocycles. The number of halogens is 2. The Hall–Kier alpha value is -1.01. The standard InChI is InChI=1S/C8H8F2O3S/c9-7-3-1-2-6(4-7)8(11)5-14(10,12)13/h1-4,8,11H,5H2. The Labute approximate surface area is 80.2 Å². The van der Waals surface area contributed by atoms with E-state index in [1.165, 1.54) is 12.1 Å². The van der Waals surface area contributed by atoms with Gasteiger partial charge < -0.3 is 5.11 Å². The van der Waals surface area contributed by atoms with E-state index in [1.807, 2.05) is 0 Å². The zero-order valence-corrected chi connectivity index (χ0v) is 7.84. The highest BCUT2D eigenvalue weighted by atomic mass is 32.3.